The van der Waals surface area contributed by atoms with E-state index < -0.39 is 0 Å². The molecule has 5 heterocycles. The van der Waals surface area contributed by atoms with Crippen molar-refractivity contribution in [2.45, 2.75) is 0 Å². The van der Waals surface area contributed by atoms with Crippen molar-refractivity contribution >= 4 is 71.7 Å². The summed E-state index contributed by atoms with van der Waals surface area (Å²) in [6, 6.07) is 48.1. The van der Waals surface area contributed by atoms with E-state index in [-0.39, 0.29) is 0 Å². The highest BCUT2D eigenvalue weighted by Gasteiger charge is 2.24. The Labute approximate surface area is 272 Å². The summed E-state index contributed by atoms with van der Waals surface area (Å²) in [5.74, 6) is 0.821. The molecule has 0 aliphatic carbocycles. The minimum atomic E-state index is 0.784. The van der Waals surface area contributed by atoms with Crippen LogP contribution in [0.2, 0.25) is 0 Å². The van der Waals surface area contributed by atoms with Crippen LogP contribution >= 0.6 is 0 Å². The second-order valence-electron chi connectivity index (χ2n) is 12.2. The van der Waals surface area contributed by atoms with Crippen molar-refractivity contribution in [3.63, 3.8) is 0 Å². The minimum absolute atomic E-state index is 0.784. The summed E-state index contributed by atoms with van der Waals surface area (Å²) in [4.78, 5) is 10.2. The van der Waals surface area contributed by atoms with Crippen LogP contribution in [-0.2, 0) is 0 Å². The summed E-state index contributed by atoms with van der Waals surface area (Å²) in [7, 11) is 0. The molecule has 0 saturated heterocycles. The van der Waals surface area contributed by atoms with Crippen molar-refractivity contribution < 1.29 is 8.83 Å². The third-order valence-corrected chi connectivity index (χ3v) is 9.62. The molecule has 0 saturated carbocycles. The molecule has 224 valence electrons. The molecule has 0 N–H and O–H groups in total. The molecule has 0 bridgehead atoms. The monoisotopic (exact) mass is 616 g/mol. The lowest BCUT2D eigenvalue weighted by Gasteiger charge is -2.15. The molecule has 11 aromatic rings. The first-order valence-electron chi connectivity index (χ1n) is 16.0. The fourth-order valence-corrected chi connectivity index (χ4v) is 7.56. The van der Waals surface area contributed by atoms with Crippen LogP contribution in [0, 0.1) is 0 Å². The fourth-order valence-electron chi connectivity index (χ4n) is 7.56. The second kappa shape index (κ2) is 9.44. The topological polar surface area (TPSA) is 61.4 Å². The van der Waals surface area contributed by atoms with Crippen molar-refractivity contribution in [2.75, 3.05) is 0 Å². The zero-order chi connectivity index (χ0) is 31.3. The maximum absolute atomic E-state index is 6.52. The zero-order valence-corrected chi connectivity index (χ0v) is 25.5. The third-order valence-electron chi connectivity index (χ3n) is 9.62. The predicted octanol–water partition coefficient (Wildman–Crippen LogP) is 11.0. The number of fused-ring (bicyclic) bond motifs is 12. The van der Waals surface area contributed by atoms with Crippen LogP contribution in [0.4, 0.5) is 0 Å². The summed E-state index contributed by atoms with van der Waals surface area (Å²) in [6.07, 6.45) is 1.88. The molecule has 6 aromatic carbocycles. The van der Waals surface area contributed by atoms with Crippen LogP contribution in [0.3, 0.4) is 0 Å². The van der Waals surface area contributed by atoms with Crippen LogP contribution in [0.25, 0.3) is 99.8 Å². The van der Waals surface area contributed by atoms with Gasteiger partial charge in [0.25, 0.3) is 0 Å². The van der Waals surface area contributed by atoms with E-state index in [4.69, 9.17) is 18.8 Å². The van der Waals surface area contributed by atoms with Gasteiger partial charge in [-0.25, -0.2) is 4.98 Å². The van der Waals surface area contributed by atoms with Gasteiger partial charge in [0.1, 0.15) is 22.4 Å². The minimum Gasteiger partial charge on any atom is -0.454 e. The first kappa shape index (κ1) is 25.5. The molecular weight excluding hydrogens is 592 g/mol. The molecule has 11 rings (SSSR count). The van der Waals surface area contributed by atoms with E-state index in [2.05, 4.69) is 112 Å². The molecule has 0 atom stereocenters. The van der Waals surface area contributed by atoms with E-state index in [1.54, 1.807) is 0 Å². The smallest absolute Gasteiger partial charge is 0.220 e. The molecular formula is C42H24N4O2. The highest BCUT2D eigenvalue weighted by atomic mass is 16.3. The lowest BCUT2D eigenvalue weighted by Crippen LogP contribution is -1.99. The first-order chi connectivity index (χ1) is 23.8. The van der Waals surface area contributed by atoms with E-state index in [1.807, 2.05) is 42.6 Å². The van der Waals surface area contributed by atoms with Crippen LogP contribution in [0.1, 0.15) is 0 Å². The van der Waals surface area contributed by atoms with Gasteiger partial charge in [0.05, 0.1) is 22.2 Å². The number of para-hydroxylation sites is 5. The van der Waals surface area contributed by atoms with Crippen LogP contribution in [0.5, 0.6) is 0 Å². The number of hydrogen-bond donors (Lipinski definition) is 0. The lowest BCUT2D eigenvalue weighted by molar-refractivity contribution is 0.668. The summed E-state index contributed by atoms with van der Waals surface area (Å²) >= 11 is 0. The highest BCUT2D eigenvalue weighted by molar-refractivity contribution is 6.15. The van der Waals surface area contributed by atoms with Gasteiger partial charge in [-0.15, -0.1) is 0 Å². The van der Waals surface area contributed by atoms with Gasteiger partial charge >= 0.3 is 0 Å². The van der Waals surface area contributed by atoms with Gasteiger partial charge in [-0.05, 0) is 54.1 Å². The van der Waals surface area contributed by atoms with Gasteiger partial charge < -0.3 is 8.83 Å². The van der Waals surface area contributed by atoms with Crippen molar-refractivity contribution in [2.24, 2.45) is 0 Å². The van der Waals surface area contributed by atoms with Crippen molar-refractivity contribution in [3.05, 3.63) is 146 Å². The van der Waals surface area contributed by atoms with Crippen molar-refractivity contribution in [1.29, 1.82) is 0 Å². The van der Waals surface area contributed by atoms with E-state index in [9.17, 15) is 0 Å². The van der Waals surface area contributed by atoms with Gasteiger partial charge in [-0.2, -0.15) is 0 Å². The number of nitrogens with zero attached hydrogens (tertiary/aromatic N) is 4. The Balaban J connectivity index is 1.21. The molecule has 48 heavy (non-hydrogen) atoms. The third kappa shape index (κ3) is 3.35. The predicted molar refractivity (Wildman–Crippen MR) is 193 cm³/mol. The SMILES string of the molecule is c1ccc(-c2nccc3c2oc2ccccc23)c(-c2ccccc2-n2c3ccccc3n3c4c(ccc5c6ccccc6oc54)nc23)c1. The van der Waals surface area contributed by atoms with Gasteiger partial charge in [0.15, 0.2) is 11.2 Å². The maximum atomic E-state index is 6.52. The van der Waals surface area contributed by atoms with Gasteiger partial charge in [0.2, 0.25) is 5.78 Å². The number of aromatic nitrogens is 4. The summed E-state index contributed by atoms with van der Waals surface area (Å²) in [5.41, 5.74) is 12.3. The fraction of sp³-hybridized carbons (Fsp3) is 0. The Hall–Kier alpha value is -6.66. The average molecular weight is 617 g/mol. The number of furan rings is 2. The zero-order valence-electron chi connectivity index (χ0n) is 25.5. The van der Waals surface area contributed by atoms with Gasteiger partial charge in [-0.1, -0.05) is 91.0 Å². The van der Waals surface area contributed by atoms with E-state index >= 15 is 0 Å². The van der Waals surface area contributed by atoms with E-state index in [1.165, 1.54) is 0 Å². The van der Waals surface area contributed by atoms with Crippen LogP contribution in [0.15, 0.2) is 155 Å². The Morgan fingerprint density at radius 1 is 0.479 bits per heavy atom. The molecule has 0 aliphatic heterocycles. The lowest BCUT2D eigenvalue weighted by atomic mass is 9.95. The quantitative estimate of drug-likeness (QED) is 0.198. The average Bonchev–Trinajstić information content (AvgIpc) is 3.89. The Kier molecular flexibility index (Phi) is 5.02. The number of rotatable bonds is 3. The largest absolute Gasteiger partial charge is 0.454 e. The van der Waals surface area contributed by atoms with Crippen molar-refractivity contribution in [3.8, 4) is 28.1 Å². The molecule has 0 fully saturated rings. The molecule has 0 radical (unpaired) electrons. The van der Waals surface area contributed by atoms with E-state index in [0.29, 0.717) is 0 Å². The number of benzene rings is 6. The summed E-state index contributed by atoms with van der Waals surface area (Å²) in [6.45, 7) is 0. The maximum Gasteiger partial charge on any atom is 0.220 e. The summed E-state index contributed by atoms with van der Waals surface area (Å²) in [5, 5.41) is 4.32. The van der Waals surface area contributed by atoms with Gasteiger partial charge in [-0.3, -0.25) is 14.0 Å². The highest BCUT2D eigenvalue weighted by Crippen LogP contribution is 2.42. The second-order valence-corrected chi connectivity index (χ2v) is 12.2. The number of hydrogen-bond acceptors (Lipinski definition) is 4. The number of imidazole rings is 2. The molecule has 0 aliphatic rings. The van der Waals surface area contributed by atoms with Crippen LogP contribution < -0.4 is 0 Å². The molecule has 0 amide bonds. The molecule has 0 spiro atoms. The molecule has 0 unspecified atom stereocenters. The summed E-state index contributed by atoms with van der Waals surface area (Å²) < 4.78 is 17.5. The Morgan fingerprint density at radius 2 is 1.10 bits per heavy atom. The van der Waals surface area contributed by atoms with E-state index in [0.717, 1.165) is 99.8 Å². The Bertz CT molecular complexity index is 3080. The standard InChI is InChI=1S/C42H24N4O2/c1-2-15-29(38-40-31(23-24-43-38)28-14-5-9-19-36(28)47-40)25(11-1)26-12-3-6-16-33(26)45-34-17-7-8-18-35(34)46-39-32(44-42(45)46)22-21-30-27-13-4-10-20-37(27)48-41(30)39/h1-24H. The molecule has 6 heteroatoms. The first-order valence-corrected chi connectivity index (χ1v) is 16.0. The normalized spacial score (nSPS) is 12.2. The van der Waals surface area contributed by atoms with Crippen molar-refractivity contribution in [1.82, 2.24) is 18.9 Å². The van der Waals surface area contributed by atoms with Crippen LogP contribution in [-0.4, -0.2) is 18.9 Å². The molecule has 5 aromatic heterocycles. The number of pyridine rings is 1. The Morgan fingerprint density at radius 3 is 1.92 bits per heavy atom. The molecule has 6 nitrogen and oxygen atoms in total. The van der Waals surface area contributed by atoms with Gasteiger partial charge in [0, 0.05) is 38.9 Å².